The molecule has 8 nitrogen and oxygen atoms in total. The highest BCUT2D eigenvalue weighted by Gasteiger charge is 2.09. The van der Waals surface area contributed by atoms with Gasteiger partial charge in [-0.2, -0.15) is 5.10 Å². The van der Waals surface area contributed by atoms with E-state index in [2.05, 4.69) is 30.7 Å². The minimum absolute atomic E-state index is 0.200. The number of aromatic amines is 1. The maximum absolute atomic E-state index is 11.6. The van der Waals surface area contributed by atoms with Crippen LogP contribution in [0.1, 0.15) is 16.4 Å². The van der Waals surface area contributed by atoms with Gasteiger partial charge < -0.3 is 5.32 Å². The molecule has 0 aliphatic carbocycles. The third-order valence-electron chi connectivity index (χ3n) is 2.65. The average Bonchev–Trinajstić information content (AvgIpc) is 3.08. The third-order valence-corrected chi connectivity index (χ3v) is 2.65. The molecule has 8 heteroatoms. The summed E-state index contributed by atoms with van der Waals surface area (Å²) in [5.41, 5.74) is 0.791. The molecular formula is C11H11N7O. The maximum atomic E-state index is 11.6. The fourth-order valence-corrected chi connectivity index (χ4v) is 1.75. The molecule has 3 heterocycles. The number of hydrogen-bond donors (Lipinski definition) is 2. The van der Waals surface area contributed by atoms with Crippen LogP contribution < -0.4 is 5.32 Å². The molecule has 3 rings (SSSR count). The van der Waals surface area contributed by atoms with E-state index in [1.54, 1.807) is 0 Å². The SMILES string of the molecule is O=C(NCCc1nnc2ccccn12)c1ncn[nH]1. The summed E-state index contributed by atoms with van der Waals surface area (Å²) < 4.78 is 1.89. The third kappa shape index (κ3) is 2.28. The van der Waals surface area contributed by atoms with Gasteiger partial charge in [0.1, 0.15) is 12.2 Å². The van der Waals surface area contributed by atoms with Crippen LogP contribution in [0.5, 0.6) is 0 Å². The maximum Gasteiger partial charge on any atom is 0.288 e. The predicted octanol–water partition coefficient (Wildman–Crippen LogP) is -0.180. The number of fused-ring (bicyclic) bond motifs is 1. The highest BCUT2D eigenvalue weighted by Crippen LogP contribution is 2.02. The van der Waals surface area contributed by atoms with Crippen LogP contribution in [0.4, 0.5) is 0 Å². The van der Waals surface area contributed by atoms with Crippen LogP contribution in [0.2, 0.25) is 0 Å². The Kier molecular flexibility index (Phi) is 2.89. The van der Waals surface area contributed by atoms with Crippen LogP contribution in [-0.2, 0) is 6.42 Å². The number of carbonyl (C=O) groups is 1. The van der Waals surface area contributed by atoms with Crippen molar-refractivity contribution in [2.45, 2.75) is 6.42 Å². The fraction of sp³-hybridized carbons (Fsp3) is 0.182. The number of pyridine rings is 1. The Hall–Kier alpha value is -2.77. The average molecular weight is 257 g/mol. The first-order chi connectivity index (χ1) is 9.34. The molecule has 0 saturated heterocycles. The van der Waals surface area contributed by atoms with Crippen molar-refractivity contribution < 1.29 is 4.79 Å². The largest absolute Gasteiger partial charge is 0.349 e. The summed E-state index contributed by atoms with van der Waals surface area (Å²) in [7, 11) is 0. The zero-order valence-electron chi connectivity index (χ0n) is 9.95. The van der Waals surface area contributed by atoms with E-state index in [0.29, 0.717) is 13.0 Å². The lowest BCUT2D eigenvalue weighted by Crippen LogP contribution is -2.27. The molecular weight excluding hydrogens is 246 g/mol. The Morgan fingerprint density at radius 2 is 2.32 bits per heavy atom. The Labute approximate surface area is 107 Å². The second-order valence-electron chi connectivity index (χ2n) is 3.89. The van der Waals surface area contributed by atoms with E-state index in [1.165, 1.54) is 6.33 Å². The molecule has 0 bridgehead atoms. The van der Waals surface area contributed by atoms with Gasteiger partial charge in [-0.25, -0.2) is 4.98 Å². The number of hydrogen-bond acceptors (Lipinski definition) is 5. The Morgan fingerprint density at radius 1 is 1.37 bits per heavy atom. The first kappa shape index (κ1) is 11.3. The van der Waals surface area contributed by atoms with E-state index in [4.69, 9.17) is 0 Å². The summed E-state index contributed by atoms with van der Waals surface area (Å²) in [6.07, 6.45) is 3.77. The molecule has 19 heavy (non-hydrogen) atoms. The molecule has 3 aromatic rings. The number of rotatable bonds is 4. The van der Waals surface area contributed by atoms with Crippen LogP contribution >= 0.6 is 0 Å². The molecule has 2 N–H and O–H groups in total. The summed E-state index contributed by atoms with van der Waals surface area (Å²) in [4.78, 5) is 15.4. The molecule has 3 aromatic heterocycles. The molecule has 0 fully saturated rings. The van der Waals surface area contributed by atoms with Gasteiger partial charge in [0.05, 0.1) is 0 Å². The van der Waals surface area contributed by atoms with Crippen molar-refractivity contribution >= 4 is 11.6 Å². The van der Waals surface area contributed by atoms with Crippen molar-refractivity contribution in [1.29, 1.82) is 0 Å². The second kappa shape index (κ2) is 4.84. The minimum atomic E-state index is -0.286. The normalized spacial score (nSPS) is 10.7. The van der Waals surface area contributed by atoms with Crippen LogP contribution in [0.25, 0.3) is 5.65 Å². The molecule has 0 spiro atoms. The van der Waals surface area contributed by atoms with Crippen molar-refractivity contribution in [3.05, 3.63) is 42.4 Å². The molecule has 0 atom stereocenters. The van der Waals surface area contributed by atoms with Crippen LogP contribution in [0.15, 0.2) is 30.7 Å². The van der Waals surface area contributed by atoms with Crippen molar-refractivity contribution in [2.75, 3.05) is 6.54 Å². The lowest BCUT2D eigenvalue weighted by Gasteiger charge is -2.01. The first-order valence-electron chi connectivity index (χ1n) is 5.77. The van der Waals surface area contributed by atoms with Crippen molar-refractivity contribution in [3.63, 3.8) is 0 Å². The van der Waals surface area contributed by atoms with Crippen molar-refractivity contribution in [3.8, 4) is 0 Å². The van der Waals surface area contributed by atoms with Crippen molar-refractivity contribution in [2.24, 2.45) is 0 Å². The Balaban J connectivity index is 1.62. The van der Waals surface area contributed by atoms with Gasteiger partial charge in [0.25, 0.3) is 5.91 Å². The lowest BCUT2D eigenvalue weighted by atomic mass is 10.4. The smallest absolute Gasteiger partial charge is 0.288 e. The Bertz CT molecular complexity index is 688. The number of aromatic nitrogens is 6. The number of carbonyl (C=O) groups excluding carboxylic acids is 1. The van der Waals surface area contributed by atoms with Gasteiger partial charge in [0, 0.05) is 19.2 Å². The molecule has 0 radical (unpaired) electrons. The highest BCUT2D eigenvalue weighted by molar-refractivity contribution is 5.90. The summed E-state index contributed by atoms with van der Waals surface area (Å²) in [5.74, 6) is 0.714. The lowest BCUT2D eigenvalue weighted by molar-refractivity contribution is 0.0944. The molecule has 0 aromatic carbocycles. The zero-order valence-corrected chi connectivity index (χ0v) is 9.95. The van der Waals surface area contributed by atoms with Gasteiger partial charge in [-0.1, -0.05) is 6.07 Å². The monoisotopic (exact) mass is 257 g/mol. The first-order valence-corrected chi connectivity index (χ1v) is 5.77. The fourth-order valence-electron chi connectivity index (χ4n) is 1.75. The summed E-state index contributed by atoms with van der Waals surface area (Å²) in [6, 6.07) is 5.69. The van der Waals surface area contributed by atoms with Gasteiger partial charge in [-0.05, 0) is 12.1 Å². The van der Waals surface area contributed by atoms with E-state index < -0.39 is 0 Å². The van der Waals surface area contributed by atoms with Gasteiger partial charge in [-0.15, -0.1) is 10.2 Å². The van der Waals surface area contributed by atoms with E-state index in [1.807, 2.05) is 28.8 Å². The molecule has 96 valence electrons. The van der Waals surface area contributed by atoms with E-state index in [-0.39, 0.29) is 11.7 Å². The number of nitrogens with zero attached hydrogens (tertiary/aromatic N) is 5. The van der Waals surface area contributed by atoms with E-state index in [0.717, 1.165) is 11.5 Å². The molecule has 0 saturated carbocycles. The Morgan fingerprint density at radius 3 is 3.16 bits per heavy atom. The molecule has 0 aliphatic rings. The topological polar surface area (TPSA) is 101 Å². The highest BCUT2D eigenvalue weighted by atomic mass is 16.2. The van der Waals surface area contributed by atoms with Gasteiger partial charge in [0.15, 0.2) is 5.65 Å². The molecule has 0 aliphatic heterocycles. The summed E-state index contributed by atoms with van der Waals surface area (Å²) in [6.45, 7) is 0.454. The minimum Gasteiger partial charge on any atom is -0.349 e. The van der Waals surface area contributed by atoms with Crippen LogP contribution in [0, 0.1) is 0 Å². The summed E-state index contributed by atoms with van der Waals surface area (Å²) >= 11 is 0. The van der Waals surface area contributed by atoms with Crippen LogP contribution in [0.3, 0.4) is 0 Å². The predicted molar refractivity (Wildman–Crippen MR) is 65.4 cm³/mol. The molecule has 0 unspecified atom stereocenters. The van der Waals surface area contributed by atoms with E-state index >= 15 is 0 Å². The van der Waals surface area contributed by atoms with Crippen LogP contribution in [-0.4, -0.2) is 42.2 Å². The second-order valence-corrected chi connectivity index (χ2v) is 3.89. The standard InChI is InChI=1S/C11H11N7O/c19-11(10-13-7-14-17-10)12-5-4-9-16-15-8-3-1-2-6-18(8)9/h1-3,6-7H,4-5H2,(H,12,19)(H,13,14,17). The van der Waals surface area contributed by atoms with Gasteiger partial charge in [0.2, 0.25) is 5.82 Å². The van der Waals surface area contributed by atoms with Gasteiger partial charge >= 0.3 is 0 Å². The number of amides is 1. The van der Waals surface area contributed by atoms with Crippen molar-refractivity contribution in [1.82, 2.24) is 35.1 Å². The zero-order chi connectivity index (χ0) is 13.1. The number of H-pyrrole nitrogens is 1. The van der Waals surface area contributed by atoms with Gasteiger partial charge in [-0.3, -0.25) is 14.3 Å². The molecule has 1 amide bonds. The van der Waals surface area contributed by atoms with E-state index in [9.17, 15) is 4.79 Å². The summed E-state index contributed by atoms with van der Waals surface area (Å²) in [5, 5.41) is 17.0. The number of nitrogens with one attached hydrogen (secondary N) is 2. The quantitative estimate of drug-likeness (QED) is 0.675.